The van der Waals surface area contributed by atoms with Crippen LogP contribution in [0.5, 0.6) is 0 Å². The quantitative estimate of drug-likeness (QED) is 0.668. The molecule has 0 fully saturated rings. The van der Waals surface area contributed by atoms with Gasteiger partial charge in [-0.3, -0.25) is 0 Å². The first-order chi connectivity index (χ1) is 5.66. The summed E-state index contributed by atoms with van der Waals surface area (Å²) in [6, 6.07) is 1.95. The molecule has 0 unspecified atom stereocenters. The molecule has 0 atom stereocenters. The van der Waals surface area contributed by atoms with Crippen molar-refractivity contribution in [2.45, 2.75) is 13.8 Å². The Kier molecular flexibility index (Phi) is 2.48. The van der Waals surface area contributed by atoms with Crippen LogP contribution >= 0.6 is 0 Å². The topological polar surface area (TPSA) is 17.8 Å². The van der Waals surface area contributed by atoms with Gasteiger partial charge in [0, 0.05) is 12.4 Å². The fourth-order valence-electron chi connectivity index (χ4n) is 1.01. The summed E-state index contributed by atoms with van der Waals surface area (Å²) in [6.07, 6.45) is 3.44. The average molecular weight is 162 g/mol. The van der Waals surface area contributed by atoms with E-state index < -0.39 is 0 Å². The van der Waals surface area contributed by atoms with E-state index in [9.17, 15) is 0 Å². The van der Waals surface area contributed by atoms with Crippen molar-refractivity contribution in [3.8, 4) is 0 Å². The first kappa shape index (κ1) is 8.78. The van der Waals surface area contributed by atoms with Crippen LogP contribution in [0.4, 0.5) is 0 Å². The molecular weight excluding hydrogens is 148 g/mol. The number of hydrogen-bond acceptors (Lipinski definition) is 1. The minimum absolute atomic E-state index is 0.445. The Morgan fingerprint density at radius 2 is 2.33 bits per heavy atom. The molecular formula is C10H14N2. The molecule has 2 heteroatoms. The molecule has 0 aliphatic rings. The fourth-order valence-corrected chi connectivity index (χ4v) is 1.01. The minimum atomic E-state index is 0.445. The highest BCUT2D eigenvalue weighted by atomic mass is 15.3. The zero-order chi connectivity index (χ0) is 9.14. The van der Waals surface area contributed by atoms with E-state index in [-0.39, 0.29) is 0 Å². The van der Waals surface area contributed by atoms with Crippen LogP contribution in [0.1, 0.15) is 19.5 Å². The van der Waals surface area contributed by atoms with Gasteiger partial charge in [-0.2, -0.15) is 5.10 Å². The van der Waals surface area contributed by atoms with Crippen LogP contribution in [0.2, 0.25) is 0 Å². The highest BCUT2D eigenvalue weighted by molar-refractivity contribution is 5.63. The van der Waals surface area contributed by atoms with Gasteiger partial charge >= 0.3 is 0 Å². The molecule has 0 bridgehead atoms. The van der Waals surface area contributed by atoms with Crippen molar-refractivity contribution in [3.63, 3.8) is 0 Å². The zero-order valence-electron chi connectivity index (χ0n) is 7.62. The Hall–Kier alpha value is -1.31. The van der Waals surface area contributed by atoms with Crippen LogP contribution in [-0.4, -0.2) is 9.78 Å². The zero-order valence-corrected chi connectivity index (χ0v) is 7.62. The molecule has 0 saturated heterocycles. The molecule has 0 aliphatic heterocycles. The molecule has 0 aromatic carbocycles. The van der Waals surface area contributed by atoms with Crippen LogP contribution in [0.15, 0.2) is 25.4 Å². The summed E-state index contributed by atoms with van der Waals surface area (Å²) in [5, 5.41) is 4.08. The van der Waals surface area contributed by atoms with Crippen LogP contribution in [-0.2, 0) is 0 Å². The van der Waals surface area contributed by atoms with Crippen molar-refractivity contribution >= 4 is 11.8 Å². The first-order valence-corrected chi connectivity index (χ1v) is 4.02. The molecule has 0 amide bonds. The molecule has 1 rings (SSSR count). The van der Waals surface area contributed by atoms with E-state index in [0.29, 0.717) is 5.92 Å². The van der Waals surface area contributed by atoms with Crippen LogP contribution in [0.25, 0.3) is 11.8 Å². The van der Waals surface area contributed by atoms with Gasteiger partial charge < -0.3 is 0 Å². The highest BCUT2D eigenvalue weighted by Crippen LogP contribution is 2.20. The lowest BCUT2D eigenvalue weighted by Gasteiger charge is -2.08. The van der Waals surface area contributed by atoms with E-state index in [0.717, 1.165) is 11.3 Å². The van der Waals surface area contributed by atoms with Gasteiger partial charge in [-0.15, -0.1) is 0 Å². The van der Waals surface area contributed by atoms with E-state index >= 15 is 0 Å². The summed E-state index contributed by atoms with van der Waals surface area (Å²) in [5.41, 5.74) is 2.13. The summed E-state index contributed by atoms with van der Waals surface area (Å²) in [7, 11) is 0. The van der Waals surface area contributed by atoms with Crippen molar-refractivity contribution in [1.82, 2.24) is 9.78 Å². The second-order valence-corrected chi connectivity index (χ2v) is 3.02. The second-order valence-electron chi connectivity index (χ2n) is 3.02. The van der Waals surface area contributed by atoms with Crippen molar-refractivity contribution in [2.75, 3.05) is 0 Å². The van der Waals surface area contributed by atoms with Crippen molar-refractivity contribution in [1.29, 1.82) is 0 Å². The summed E-state index contributed by atoms with van der Waals surface area (Å²) >= 11 is 0. The van der Waals surface area contributed by atoms with E-state index in [2.05, 4.69) is 32.1 Å². The van der Waals surface area contributed by atoms with Crippen LogP contribution < -0.4 is 0 Å². The van der Waals surface area contributed by atoms with E-state index in [1.807, 2.05) is 6.07 Å². The predicted molar refractivity (Wildman–Crippen MR) is 52.5 cm³/mol. The minimum Gasteiger partial charge on any atom is -0.241 e. The van der Waals surface area contributed by atoms with E-state index in [1.165, 1.54) is 0 Å². The molecule has 0 radical (unpaired) electrons. The standard InChI is InChI=1S/C10H14N2/c1-5-12-10(6-7-11-12)9(4)8(2)3/h5-8H,1,4H2,2-3H3. The van der Waals surface area contributed by atoms with Gasteiger partial charge in [-0.1, -0.05) is 27.0 Å². The SMILES string of the molecule is C=Cn1nccc1C(=C)C(C)C. The Bertz CT molecular complexity index is 295. The second kappa shape index (κ2) is 3.39. The summed E-state index contributed by atoms with van der Waals surface area (Å²) in [4.78, 5) is 0. The Balaban J connectivity index is 3.01. The Morgan fingerprint density at radius 1 is 1.67 bits per heavy atom. The molecule has 2 nitrogen and oxygen atoms in total. The third-order valence-electron chi connectivity index (χ3n) is 1.87. The van der Waals surface area contributed by atoms with Gasteiger partial charge in [-0.05, 0) is 17.6 Å². The van der Waals surface area contributed by atoms with Gasteiger partial charge in [0.15, 0.2) is 0 Å². The van der Waals surface area contributed by atoms with Gasteiger partial charge in [0.25, 0.3) is 0 Å². The smallest absolute Gasteiger partial charge is 0.0689 e. The van der Waals surface area contributed by atoms with Gasteiger partial charge in [-0.25, -0.2) is 4.68 Å². The number of nitrogens with zero attached hydrogens (tertiary/aromatic N) is 2. The normalized spacial score (nSPS) is 10.2. The van der Waals surface area contributed by atoms with Crippen LogP contribution in [0, 0.1) is 5.92 Å². The lowest BCUT2D eigenvalue weighted by Crippen LogP contribution is -1.99. The molecule has 0 aliphatic carbocycles. The number of rotatable bonds is 3. The first-order valence-electron chi connectivity index (χ1n) is 4.02. The largest absolute Gasteiger partial charge is 0.241 e. The molecule has 0 N–H and O–H groups in total. The fraction of sp³-hybridized carbons (Fsp3) is 0.300. The monoisotopic (exact) mass is 162 g/mol. The molecule has 0 spiro atoms. The molecule has 1 aromatic heterocycles. The molecule has 64 valence electrons. The summed E-state index contributed by atoms with van der Waals surface area (Å²) in [5.74, 6) is 0.445. The third kappa shape index (κ3) is 1.47. The van der Waals surface area contributed by atoms with Crippen molar-refractivity contribution in [2.24, 2.45) is 5.92 Å². The van der Waals surface area contributed by atoms with Gasteiger partial charge in [0.2, 0.25) is 0 Å². The number of aromatic nitrogens is 2. The van der Waals surface area contributed by atoms with E-state index in [4.69, 9.17) is 0 Å². The maximum atomic E-state index is 4.08. The summed E-state index contributed by atoms with van der Waals surface area (Å²) < 4.78 is 1.74. The summed E-state index contributed by atoms with van der Waals surface area (Å²) in [6.45, 7) is 11.9. The lowest BCUT2D eigenvalue weighted by atomic mass is 10.0. The predicted octanol–water partition coefficient (Wildman–Crippen LogP) is 2.65. The number of hydrogen-bond donors (Lipinski definition) is 0. The molecule has 0 saturated carbocycles. The Labute approximate surface area is 73.2 Å². The average Bonchev–Trinajstić information content (AvgIpc) is 2.49. The molecule has 1 heterocycles. The lowest BCUT2D eigenvalue weighted by molar-refractivity contribution is 0.828. The maximum Gasteiger partial charge on any atom is 0.0689 e. The van der Waals surface area contributed by atoms with Crippen LogP contribution in [0.3, 0.4) is 0 Å². The maximum absolute atomic E-state index is 4.08. The van der Waals surface area contributed by atoms with Gasteiger partial charge in [0.1, 0.15) is 0 Å². The highest BCUT2D eigenvalue weighted by Gasteiger charge is 2.07. The molecule has 12 heavy (non-hydrogen) atoms. The van der Waals surface area contributed by atoms with E-state index in [1.54, 1.807) is 17.1 Å². The van der Waals surface area contributed by atoms with Crippen molar-refractivity contribution in [3.05, 3.63) is 31.1 Å². The third-order valence-corrected chi connectivity index (χ3v) is 1.87. The molecule has 1 aromatic rings. The number of allylic oxidation sites excluding steroid dienone is 1. The van der Waals surface area contributed by atoms with Crippen molar-refractivity contribution < 1.29 is 0 Å². The Morgan fingerprint density at radius 3 is 2.83 bits per heavy atom. The van der Waals surface area contributed by atoms with Gasteiger partial charge in [0.05, 0.1) is 5.69 Å².